The molecule has 8 nitrogen and oxygen atoms in total. The molecular formula is C26H28N4O4S. The van der Waals surface area contributed by atoms with Crippen LogP contribution in [0.1, 0.15) is 22.3 Å². The van der Waals surface area contributed by atoms with Crippen LogP contribution in [-0.2, 0) is 10.0 Å². The summed E-state index contributed by atoms with van der Waals surface area (Å²) in [5.74, 6) is 0.0550. The minimum atomic E-state index is -3.90. The number of aryl methyl sites for hydroxylation is 1. The Labute approximate surface area is 205 Å². The molecule has 0 spiro atoms. The molecule has 2 heterocycles. The number of nitrogens with zero attached hydrogens (tertiary/aromatic N) is 3. The van der Waals surface area contributed by atoms with Crippen LogP contribution < -0.4 is 10.5 Å². The number of hydrogen-bond donors (Lipinski definition) is 1. The minimum absolute atomic E-state index is 0.133. The standard InChI is InChI=1S/C26H28N4O4S/c1-18-5-11-21(12-6-18)35(32,33)30-15-13-22-24(25(27)31)23(17-28-26(22)30)19-7-9-20(10-8-19)34-16-4-14-29(2)3/h5-13,15,17H,4,14,16H2,1-3H3,(H2,27,31). The van der Waals surface area contributed by atoms with Gasteiger partial charge in [-0.05, 0) is 63.3 Å². The first-order chi connectivity index (χ1) is 16.7. The zero-order chi connectivity index (χ0) is 25.2. The first-order valence-electron chi connectivity index (χ1n) is 11.2. The molecule has 35 heavy (non-hydrogen) atoms. The molecule has 4 rings (SSSR count). The van der Waals surface area contributed by atoms with Gasteiger partial charge in [-0.15, -0.1) is 0 Å². The third-order valence-electron chi connectivity index (χ3n) is 5.69. The number of carbonyl (C=O) groups excluding carboxylic acids is 1. The second kappa shape index (κ2) is 9.89. The Balaban J connectivity index is 1.69. The summed E-state index contributed by atoms with van der Waals surface area (Å²) in [7, 11) is 0.133. The van der Waals surface area contributed by atoms with Crippen molar-refractivity contribution in [3.8, 4) is 16.9 Å². The van der Waals surface area contributed by atoms with Gasteiger partial charge in [0.05, 0.1) is 17.1 Å². The highest BCUT2D eigenvalue weighted by Gasteiger charge is 2.23. The SMILES string of the molecule is Cc1ccc(S(=O)(=O)n2ccc3c(C(N)=O)c(-c4ccc(OCCCN(C)C)cc4)cnc32)cc1. The molecule has 2 aromatic carbocycles. The Hall–Kier alpha value is -3.69. The third kappa shape index (κ3) is 5.06. The monoisotopic (exact) mass is 492 g/mol. The average Bonchev–Trinajstić information content (AvgIpc) is 3.26. The molecule has 2 aromatic heterocycles. The van der Waals surface area contributed by atoms with E-state index in [0.29, 0.717) is 17.6 Å². The van der Waals surface area contributed by atoms with Gasteiger partial charge in [-0.1, -0.05) is 29.8 Å². The van der Waals surface area contributed by atoms with Crippen molar-refractivity contribution in [2.24, 2.45) is 5.73 Å². The van der Waals surface area contributed by atoms with Gasteiger partial charge in [-0.3, -0.25) is 4.79 Å². The summed E-state index contributed by atoms with van der Waals surface area (Å²) in [5, 5.41) is 0.370. The van der Waals surface area contributed by atoms with Crippen molar-refractivity contribution in [1.29, 1.82) is 0 Å². The van der Waals surface area contributed by atoms with Crippen LogP contribution in [0.25, 0.3) is 22.2 Å². The summed E-state index contributed by atoms with van der Waals surface area (Å²) in [4.78, 5) is 19.1. The zero-order valence-corrected chi connectivity index (χ0v) is 20.7. The molecule has 0 radical (unpaired) electrons. The summed E-state index contributed by atoms with van der Waals surface area (Å²) >= 11 is 0. The number of amides is 1. The summed E-state index contributed by atoms with van der Waals surface area (Å²) in [6.07, 6.45) is 3.79. The van der Waals surface area contributed by atoms with Crippen molar-refractivity contribution in [1.82, 2.24) is 13.9 Å². The fourth-order valence-corrected chi connectivity index (χ4v) is 5.17. The van der Waals surface area contributed by atoms with Crippen LogP contribution >= 0.6 is 0 Å². The van der Waals surface area contributed by atoms with Crippen LogP contribution in [0.3, 0.4) is 0 Å². The highest BCUT2D eigenvalue weighted by Crippen LogP contribution is 2.32. The van der Waals surface area contributed by atoms with Crippen molar-refractivity contribution < 1.29 is 17.9 Å². The average molecular weight is 493 g/mol. The van der Waals surface area contributed by atoms with Crippen LogP contribution in [0, 0.1) is 6.92 Å². The molecule has 1 amide bonds. The van der Waals surface area contributed by atoms with Crippen molar-refractivity contribution in [3.63, 3.8) is 0 Å². The van der Waals surface area contributed by atoms with E-state index in [1.165, 1.54) is 12.4 Å². The van der Waals surface area contributed by atoms with Gasteiger partial charge in [0, 0.05) is 29.9 Å². The van der Waals surface area contributed by atoms with E-state index in [-0.39, 0.29) is 16.1 Å². The number of fused-ring (bicyclic) bond motifs is 1. The molecule has 0 bridgehead atoms. The number of primary amides is 1. The van der Waals surface area contributed by atoms with Crippen LogP contribution in [0.2, 0.25) is 0 Å². The number of pyridine rings is 1. The van der Waals surface area contributed by atoms with Crippen LogP contribution in [0.5, 0.6) is 5.75 Å². The number of benzene rings is 2. The van der Waals surface area contributed by atoms with Crippen LogP contribution in [-0.4, -0.2) is 55.4 Å². The molecule has 0 fully saturated rings. The maximum atomic E-state index is 13.2. The quantitative estimate of drug-likeness (QED) is 0.357. The summed E-state index contributed by atoms with van der Waals surface area (Å²) in [6.45, 7) is 3.42. The van der Waals surface area contributed by atoms with Crippen molar-refractivity contribution in [2.75, 3.05) is 27.2 Å². The van der Waals surface area contributed by atoms with E-state index in [1.54, 1.807) is 30.3 Å². The second-order valence-electron chi connectivity index (χ2n) is 8.61. The molecule has 0 aliphatic heterocycles. The molecule has 2 N–H and O–H groups in total. The van der Waals surface area contributed by atoms with Gasteiger partial charge < -0.3 is 15.4 Å². The number of rotatable bonds is 9. The van der Waals surface area contributed by atoms with Gasteiger partial charge in [-0.25, -0.2) is 17.4 Å². The fraction of sp³-hybridized carbons (Fsp3) is 0.231. The molecule has 9 heteroatoms. The van der Waals surface area contributed by atoms with Crippen molar-refractivity contribution >= 4 is 27.0 Å². The van der Waals surface area contributed by atoms with Crippen molar-refractivity contribution in [3.05, 3.63) is 78.1 Å². The third-order valence-corrected chi connectivity index (χ3v) is 7.37. The Kier molecular flexibility index (Phi) is 6.90. The summed E-state index contributed by atoms with van der Waals surface area (Å²) < 4.78 is 33.3. The lowest BCUT2D eigenvalue weighted by Gasteiger charge is -2.12. The molecule has 0 saturated heterocycles. The first kappa shape index (κ1) is 24.4. The molecular weight excluding hydrogens is 464 g/mol. The maximum Gasteiger partial charge on any atom is 0.269 e. The van der Waals surface area contributed by atoms with E-state index < -0.39 is 15.9 Å². The smallest absolute Gasteiger partial charge is 0.269 e. The molecule has 0 aliphatic carbocycles. The fourth-order valence-electron chi connectivity index (χ4n) is 3.87. The van der Waals surface area contributed by atoms with E-state index in [4.69, 9.17) is 10.5 Å². The van der Waals surface area contributed by atoms with E-state index in [1.807, 2.05) is 45.3 Å². The number of aromatic nitrogens is 2. The second-order valence-corrected chi connectivity index (χ2v) is 10.4. The Morgan fingerprint density at radius 3 is 2.37 bits per heavy atom. The number of nitrogens with two attached hydrogens (primary N) is 1. The molecule has 4 aromatic rings. The molecule has 182 valence electrons. The number of hydrogen-bond acceptors (Lipinski definition) is 6. The van der Waals surface area contributed by atoms with Crippen LogP contribution in [0.4, 0.5) is 0 Å². The Bertz CT molecular complexity index is 1460. The molecule has 0 aliphatic rings. The van der Waals surface area contributed by atoms with Gasteiger partial charge in [-0.2, -0.15) is 0 Å². The zero-order valence-electron chi connectivity index (χ0n) is 19.9. The maximum absolute atomic E-state index is 13.2. The highest BCUT2D eigenvalue weighted by atomic mass is 32.2. The Morgan fingerprint density at radius 2 is 1.74 bits per heavy atom. The van der Waals surface area contributed by atoms with E-state index in [9.17, 15) is 13.2 Å². The molecule has 0 unspecified atom stereocenters. The van der Waals surface area contributed by atoms with E-state index in [2.05, 4.69) is 9.88 Å². The Morgan fingerprint density at radius 1 is 1.06 bits per heavy atom. The van der Waals surface area contributed by atoms with Gasteiger partial charge in [0.25, 0.3) is 10.0 Å². The normalized spacial score (nSPS) is 11.8. The number of carbonyl (C=O) groups is 1. The van der Waals surface area contributed by atoms with Gasteiger partial charge in [0.15, 0.2) is 5.65 Å². The summed E-state index contributed by atoms with van der Waals surface area (Å²) in [6, 6.07) is 15.4. The van der Waals surface area contributed by atoms with E-state index >= 15 is 0 Å². The largest absolute Gasteiger partial charge is 0.494 e. The predicted molar refractivity (Wildman–Crippen MR) is 136 cm³/mol. The first-order valence-corrected chi connectivity index (χ1v) is 12.6. The predicted octanol–water partition coefficient (Wildman–Crippen LogP) is 3.68. The molecule has 0 atom stereocenters. The lowest BCUT2D eigenvalue weighted by atomic mass is 9.99. The lowest BCUT2D eigenvalue weighted by molar-refractivity contribution is 0.100. The van der Waals surface area contributed by atoms with Gasteiger partial charge in [0.2, 0.25) is 5.91 Å². The van der Waals surface area contributed by atoms with Crippen molar-refractivity contribution in [2.45, 2.75) is 18.2 Å². The topological polar surface area (TPSA) is 108 Å². The highest BCUT2D eigenvalue weighted by molar-refractivity contribution is 7.90. The van der Waals surface area contributed by atoms with Gasteiger partial charge >= 0.3 is 0 Å². The lowest BCUT2D eigenvalue weighted by Crippen LogP contribution is -2.15. The van der Waals surface area contributed by atoms with Crippen LogP contribution in [0.15, 0.2) is 71.9 Å². The molecule has 0 saturated carbocycles. The summed E-state index contributed by atoms with van der Waals surface area (Å²) in [5.41, 5.74) is 8.30. The van der Waals surface area contributed by atoms with E-state index in [0.717, 1.165) is 33.8 Å². The van der Waals surface area contributed by atoms with Gasteiger partial charge in [0.1, 0.15) is 5.75 Å². The minimum Gasteiger partial charge on any atom is -0.494 e. The number of ether oxygens (including phenoxy) is 1.